The van der Waals surface area contributed by atoms with Crippen molar-refractivity contribution in [2.24, 2.45) is 0 Å². The molecule has 7 nitrogen and oxygen atoms in total. The normalized spacial score (nSPS) is 18.5. The first-order chi connectivity index (χ1) is 11.7. The second-order valence-electron chi connectivity index (χ2n) is 6.44. The van der Waals surface area contributed by atoms with E-state index in [0.29, 0.717) is 30.1 Å². The number of aryl methyl sites for hydroxylation is 2. The van der Waals surface area contributed by atoms with Crippen LogP contribution in [0, 0.1) is 13.8 Å². The van der Waals surface area contributed by atoms with E-state index in [9.17, 15) is 0 Å². The van der Waals surface area contributed by atoms with Gasteiger partial charge in [0.25, 0.3) is 5.89 Å². The standard InChI is InChI=1S/C17H21N5O2/c1-12-8-18-22(9-12)10-14-4-3-6-21(14)11-15-19-20-17(24-15)16-13(2)5-7-23-16/h5,7-9,14H,3-4,6,10-11H2,1-2H3/t14-/m0/s1. The average Bonchev–Trinajstić information content (AvgIpc) is 3.31. The molecule has 0 aromatic carbocycles. The van der Waals surface area contributed by atoms with Gasteiger partial charge >= 0.3 is 0 Å². The molecule has 1 aliphatic rings. The van der Waals surface area contributed by atoms with E-state index in [0.717, 1.165) is 25.1 Å². The molecule has 0 unspecified atom stereocenters. The van der Waals surface area contributed by atoms with E-state index in [4.69, 9.17) is 8.83 Å². The van der Waals surface area contributed by atoms with Crippen LogP contribution >= 0.6 is 0 Å². The van der Waals surface area contributed by atoms with Crippen LogP contribution in [-0.2, 0) is 13.1 Å². The van der Waals surface area contributed by atoms with Crippen LogP contribution in [0.4, 0.5) is 0 Å². The maximum atomic E-state index is 5.79. The van der Waals surface area contributed by atoms with Crippen LogP contribution < -0.4 is 0 Å². The van der Waals surface area contributed by atoms with Crippen LogP contribution in [0.2, 0.25) is 0 Å². The van der Waals surface area contributed by atoms with E-state index in [1.54, 1.807) is 6.26 Å². The maximum absolute atomic E-state index is 5.79. The number of hydrogen-bond acceptors (Lipinski definition) is 6. The SMILES string of the molecule is Cc1cnn(C[C@@H]2CCCN2Cc2nnc(-c3occc3C)o2)c1. The summed E-state index contributed by atoms with van der Waals surface area (Å²) in [5.41, 5.74) is 2.19. The number of aromatic nitrogens is 4. The van der Waals surface area contributed by atoms with E-state index >= 15 is 0 Å². The highest BCUT2D eigenvalue weighted by Gasteiger charge is 2.27. The van der Waals surface area contributed by atoms with Gasteiger partial charge in [0, 0.05) is 17.8 Å². The molecule has 3 aromatic rings. The summed E-state index contributed by atoms with van der Waals surface area (Å²) in [6.45, 7) is 6.63. The van der Waals surface area contributed by atoms with E-state index in [1.165, 1.54) is 12.0 Å². The molecule has 7 heteroatoms. The van der Waals surface area contributed by atoms with E-state index < -0.39 is 0 Å². The summed E-state index contributed by atoms with van der Waals surface area (Å²) >= 11 is 0. The number of likely N-dealkylation sites (tertiary alicyclic amines) is 1. The van der Waals surface area contributed by atoms with Gasteiger partial charge in [-0.15, -0.1) is 10.2 Å². The highest BCUT2D eigenvalue weighted by atomic mass is 16.4. The van der Waals surface area contributed by atoms with Gasteiger partial charge in [-0.3, -0.25) is 9.58 Å². The molecule has 1 fully saturated rings. The summed E-state index contributed by atoms with van der Waals surface area (Å²) < 4.78 is 13.2. The van der Waals surface area contributed by atoms with Gasteiger partial charge in [0.05, 0.1) is 25.5 Å². The second kappa shape index (κ2) is 6.24. The first-order valence-electron chi connectivity index (χ1n) is 8.29. The van der Waals surface area contributed by atoms with Gasteiger partial charge in [0.2, 0.25) is 5.89 Å². The Morgan fingerprint density at radius 3 is 2.96 bits per heavy atom. The quantitative estimate of drug-likeness (QED) is 0.717. The molecule has 126 valence electrons. The van der Waals surface area contributed by atoms with Gasteiger partial charge in [-0.1, -0.05) is 0 Å². The van der Waals surface area contributed by atoms with Crippen LogP contribution in [0.5, 0.6) is 0 Å². The molecule has 24 heavy (non-hydrogen) atoms. The summed E-state index contributed by atoms with van der Waals surface area (Å²) in [4.78, 5) is 2.39. The Kier molecular flexibility index (Phi) is 3.93. The molecule has 0 saturated carbocycles. The number of furan rings is 1. The number of rotatable bonds is 5. The zero-order valence-corrected chi connectivity index (χ0v) is 14.0. The molecule has 0 bridgehead atoms. The molecular weight excluding hydrogens is 306 g/mol. The van der Waals surface area contributed by atoms with Crippen molar-refractivity contribution in [2.45, 2.75) is 45.8 Å². The third-order valence-corrected chi connectivity index (χ3v) is 4.52. The second-order valence-corrected chi connectivity index (χ2v) is 6.44. The van der Waals surface area contributed by atoms with E-state index in [2.05, 4.69) is 33.3 Å². The molecule has 0 amide bonds. The average molecular weight is 327 g/mol. The van der Waals surface area contributed by atoms with Gasteiger partial charge < -0.3 is 8.83 Å². The Bertz CT molecular complexity index is 818. The first-order valence-corrected chi connectivity index (χ1v) is 8.29. The fraction of sp³-hybridized carbons (Fsp3) is 0.471. The van der Waals surface area contributed by atoms with Crippen molar-refractivity contribution >= 4 is 0 Å². The molecule has 4 rings (SSSR count). The fourth-order valence-corrected chi connectivity index (χ4v) is 3.27. The summed E-state index contributed by atoms with van der Waals surface area (Å²) in [7, 11) is 0. The zero-order valence-electron chi connectivity index (χ0n) is 14.0. The van der Waals surface area contributed by atoms with Gasteiger partial charge in [0.1, 0.15) is 0 Å². The predicted octanol–water partition coefficient (Wildman–Crippen LogP) is 2.81. The molecule has 0 N–H and O–H groups in total. The third kappa shape index (κ3) is 2.99. The molecule has 0 aliphatic carbocycles. The molecule has 1 aliphatic heterocycles. The van der Waals surface area contributed by atoms with Crippen LogP contribution in [-0.4, -0.2) is 37.5 Å². The molecular formula is C17H21N5O2. The summed E-state index contributed by atoms with van der Waals surface area (Å²) in [6, 6.07) is 2.34. The Labute approximate surface area is 140 Å². The number of nitrogens with zero attached hydrogens (tertiary/aromatic N) is 5. The van der Waals surface area contributed by atoms with Crippen molar-refractivity contribution in [1.29, 1.82) is 0 Å². The molecule has 1 saturated heterocycles. The Morgan fingerprint density at radius 1 is 1.29 bits per heavy atom. The fourth-order valence-electron chi connectivity index (χ4n) is 3.27. The lowest BCUT2D eigenvalue weighted by molar-refractivity contribution is 0.200. The lowest BCUT2D eigenvalue weighted by Gasteiger charge is -2.22. The molecule has 0 radical (unpaired) electrons. The lowest BCUT2D eigenvalue weighted by atomic mass is 10.2. The smallest absolute Gasteiger partial charge is 0.283 e. The Balaban J connectivity index is 1.44. The van der Waals surface area contributed by atoms with Crippen molar-refractivity contribution in [3.63, 3.8) is 0 Å². The third-order valence-electron chi connectivity index (χ3n) is 4.52. The minimum absolute atomic E-state index is 0.449. The van der Waals surface area contributed by atoms with Crippen LogP contribution in [0.25, 0.3) is 11.7 Å². The van der Waals surface area contributed by atoms with Crippen molar-refractivity contribution in [3.05, 3.63) is 41.7 Å². The van der Waals surface area contributed by atoms with Crippen molar-refractivity contribution in [3.8, 4) is 11.7 Å². The maximum Gasteiger partial charge on any atom is 0.283 e. The van der Waals surface area contributed by atoms with E-state index in [-0.39, 0.29) is 0 Å². The highest BCUT2D eigenvalue weighted by Crippen LogP contribution is 2.25. The molecule has 4 heterocycles. The minimum atomic E-state index is 0.449. The zero-order chi connectivity index (χ0) is 16.5. The van der Waals surface area contributed by atoms with Crippen LogP contribution in [0.3, 0.4) is 0 Å². The Hall–Kier alpha value is -2.41. The monoisotopic (exact) mass is 327 g/mol. The first kappa shape index (κ1) is 15.1. The summed E-state index contributed by atoms with van der Waals surface area (Å²) in [6.07, 6.45) is 7.97. The molecule has 1 atom stereocenters. The number of hydrogen-bond donors (Lipinski definition) is 0. The molecule has 3 aromatic heterocycles. The molecule has 0 spiro atoms. The van der Waals surface area contributed by atoms with Gasteiger partial charge in [-0.05, 0) is 44.9 Å². The summed E-state index contributed by atoms with van der Waals surface area (Å²) in [5, 5.41) is 12.7. The lowest BCUT2D eigenvalue weighted by Crippen LogP contribution is -2.32. The van der Waals surface area contributed by atoms with Gasteiger partial charge in [0.15, 0.2) is 5.76 Å². The minimum Gasteiger partial charge on any atom is -0.459 e. The van der Waals surface area contributed by atoms with Crippen molar-refractivity contribution < 1.29 is 8.83 Å². The largest absolute Gasteiger partial charge is 0.459 e. The van der Waals surface area contributed by atoms with Crippen LogP contribution in [0.1, 0.15) is 29.9 Å². The topological polar surface area (TPSA) is 73.1 Å². The van der Waals surface area contributed by atoms with Gasteiger partial charge in [-0.2, -0.15) is 5.10 Å². The van der Waals surface area contributed by atoms with Crippen LogP contribution in [0.15, 0.2) is 33.6 Å². The van der Waals surface area contributed by atoms with Crippen molar-refractivity contribution in [1.82, 2.24) is 24.9 Å². The Morgan fingerprint density at radius 2 is 2.21 bits per heavy atom. The van der Waals surface area contributed by atoms with Crippen molar-refractivity contribution in [2.75, 3.05) is 6.54 Å². The summed E-state index contributed by atoms with van der Waals surface area (Å²) in [5.74, 6) is 1.73. The van der Waals surface area contributed by atoms with Gasteiger partial charge in [-0.25, -0.2) is 0 Å². The highest BCUT2D eigenvalue weighted by molar-refractivity contribution is 5.49. The predicted molar refractivity (Wildman–Crippen MR) is 87.1 cm³/mol. The van der Waals surface area contributed by atoms with E-state index in [1.807, 2.05) is 23.9 Å².